The number of carbonyl (C=O) groups excluding carboxylic acids is 4. The highest BCUT2D eigenvalue weighted by molar-refractivity contribution is 7.32. The first-order chi connectivity index (χ1) is 54.2. The van der Waals surface area contributed by atoms with Gasteiger partial charge in [-0.3, -0.25) is 29.0 Å². The van der Waals surface area contributed by atoms with Crippen molar-refractivity contribution < 1.29 is 19.2 Å². The van der Waals surface area contributed by atoms with Crippen LogP contribution < -0.4 is 0 Å². The van der Waals surface area contributed by atoms with Crippen LogP contribution in [0.2, 0.25) is 0 Å². The van der Waals surface area contributed by atoms with Crippen molar-refractivity contribution in [1.29, 1.82) is 0 Å². The van der Waals surface area contributed by atoms with Gasteiger partial charge in [0, 0.05) is 42.0 Å². The van der Waals surface area contributed by atoms with Crippen LogP contribution in [0.4, 0.5) is 0 Å². The number of imide groups is 2. The second kappa shape index (κ2) is 55.4. The number of hydrogen-bond donors (Lipinski definition) is 0. The fourth-order valence-corrected chi connectivity index (χ4v) is 25.1. The summed E-state index contributed by atoms with van der Waals surface area (Å²) < 4.78 is 2.61. The minimum absolute atomic E-state index is 0.157. The maximum absolute atomic E-state index is 16.4. The summed E-state index contributed by atoms with van der Waals surface area (Å²) in [5, 5.41) is 4.40. The van der Waals surface area contributed by atoms with Crippen LogP contribution in [0.5, 0.6) is 0 Å². The van der Waals surface area contributed by atoms with Gasteiger partial charge in [0.15, 0.2) is 0 Å². The van der Waals surface area contributed by atoms with Gasteiger partial charge in [0.1, 0.15) is 0 Å². The molecule has 2 unspecified atom stereocenters. The number of unbranched alkanes of at least 4 members (excludes halogenated alkanes) is 50. The lowest BCUT2D eigenvalue weighted by Gasteiger charge is -2.24. The SMILES string of the molecule is CCCCCCCCCCCCc1ccsc1-c1sc(-c2sc(-c3sc(-c4cc5sccc5s4)cc3CCCCCCCCCCCC)c3c2C(=O)N(CC(CCCCCCCCCC)CCCCCCCCCCCC)C3=O)c2c1C(=O)N(CC(CCCCCCCCCC)CCCCCCCCCCCC)C2=O. The Bertz CT molecular complexity index is 3450. The number of carbonyl (C=O) groups is 4. The second-order valence-corrected chi connectivity index (χ2v) is 40.1. The van der Waals surface area contributed by atoms with Gasteiger partial charge in [0.2, 0.25) is 0 Å². The molecule has 110 heavy (non-hydrogen) atoms. The number of nitrogens with zero attached hydrogens (tertiary/aromatic N) is 2. The van der Waals surface area contributed by atoms with Crippen molar-refractivity contribution in [3.05, 3.63) is 68.4 Å². The minimum atomic E-state index is -0.199. The monoisotopic (exact) mass is 1620 g/mol. The molecule has 0 aliphatic carbocycles. The minimum Gasteiger partial charge on any atom is -0.274 e. The van der Waals surface area contributed by atoms with Crippen molar-refractivity contribution in [2.75, 3.05) is 13.1 Å². The summed E-state index contributed by atoms with van der Waals surface area (Å²) in [5.74, 6) is -0.285. The van der Waals surface area contributed by atoms with E-state index in [1.54, 1.807) is 55.1 Å². The largest absolute Gasteiger partial charge is 0.274 e. The van der Waals surface area contributed by atoms with Crippen LogP contribution >= 0.6 is 68.0 Å². The highest BCUT2D eigenvalue weighted by Crippen LogP contribution is 2.57. The van der Waals surface area contributed by atoms with E-state index in [1.807, 2.05) is 22.7 Å². The van der Waals surface area contributed by atoms with E-state index in [0.717, 1.165) is 113 Å². The van der Waals surface area contributed by atoms with Crippen molar-refractivity contribution in [1.82, 2.24) is 9.80 Å². The molecule has 6 aromatic rings. The normalized spacial score (nSPS) is 13.7. The third-order valence-corrected chi connectivity index (χ3v) is 31.8. The zero-order valence-electron chi connectivity index (χ0n) is 70.9. The number of amides is 4. The first-order valence-electron chi connectivity index (χ1n) is 46.9. The predicted molar refractivity (Wildman–Crippen MR) is 489 cm³/mol. The Balaban J connectivity index is 1.18. The van der Waals surface area contributed by atoms with Crippen LogP contribution in [0.3, 0.4) is 0 Å². The molecule has 0 saturated heterocycles. The van der Waals surface area contributed by atoms with Crippen molar-refractivity contribution >= 4 is 101 Å². The van der Waals surface area contributed by atoms with Crippen LogP contribution in [-0.2, 0) is 12.8 Å². The van der Waals surface area contributed by atoms with E-state index in [0.29, 0.717) is 35.3 Å². The van der Waals surface area contributed by atoms with Gasteiger partial charge in [-0.1, -0.05) is 388 Å². The molecule has 2 aliphatic heterocycles. The molecule has 0 bridgehead atoms. The Morgan fingerprint density at radius 1 is 0.255 bits per heavy atom. The van der Waals surface area contributed by atoms with Crippen LogP contribution in [-0.4, -0.2) is 46.5 Å². The van der Waals surface area contributed by atoms with Gasteiger partial charge in [0.25, 0.3) is 23.6 Å². The van der Waals surface area contributed by atoms with Crippen LogP contribution in [0.1, 0.15) is 479 Å². The molecule has 0 aromatic carbocycles. The topological polar surface area (TPSA) is 74.8 Å². The summed E-state index contributed by atoms with van der Waals surface area (Å²) >= 11 is 10.4. The van der Waals surface area contributed by atoms with E-state index in [-0.39, 0.29) is 35.5 Å². The average Bonchev–Trinajstić information content (AvgIpc) is 1.54. The molecular weight excluding hydrogens is 1460 g/mol. The van der Waals surface area contributed by atoms with Gasteiger partial charge in [-0.15, -0.1) is 68.0 Å². The Hall–Kier alpha value is -3.26. The van der Waals surface area contributed by atoms with E-state index in [2.05, 4.69) is 76.6 Å². The number of fused-ring (bicyclic) bond motifs is 3. The van der Waals surface area contributed by atoms with E-state index in [4.69, 9.17) is 0 Å². The van der Waals surface area contributed by atoms with E-state index in [9.17, 15) is 0 Å². The third kappa shape index (κ3) is 30.3. The Morgan fingerprint density at radius 2 is 0.527 bits per heavy atom. The fraction of sp³-hybridized carbons (Fsp3) is 0.735. The van der Waals surface area contributed by atoms with E-state index in [1.165, 1.54) is 345 Å². The molecule has 6 nitrogen and oxygen atoms in total. The number of aryl methyl sites for hydroxylation is 2. The average molecular weight is 1620 g/mol. The smallest absolute Gasteiger partial charge is 0.263 e. The first-order valence-corrected chi connectivity index (χ1v) is 51.9. The molecule has 0 spiro atoms. The molecule has 8 rings (SSSR count). The van der Waals surface area contributed by atoms with Crippen molar-refractivity contribution in [3.63, 3.8) is 0 Å². The van der Waals surface area contributed by atoms with Gasteiger partial charge in [-0.2, -0.15) is 0 Å². The zero-order valence-corrected chi connectivity index (χ0v) is 75.7. The molecule has 0 radical (unpaired) electrons. The molecule has 12 heteroatoms. The quantitative estimate of drug-likeness (QED) is 0.0282. The Labute approximate surface area is 696 Å². The maximum Gasteiger partial charge on any atom is 0.263 e. The molecule has 0 fully saturated rings. The lowest BCUT2D eigenvalue weighted by atomic mass is 9.93. The predicted octanol–water partition coefficient (Wildman–Crippen LogP) is 34.9. The molecule has 616 valence electrons. The number of thiophene rings is 6. The third-order valence-electron chi connectivity index (χ3n) is 24.6. The van der Waals surface area contributed by atoms with Gasteiger partial charge in [0.05, 0.1) is 41.8 Å². The van der Waals surface area contributed by atoms with Crippen molar-refractivity contribution in [2.45, 2.75) is 440 Å². The lowest BCUT2D eigenvalue weighted by molar-refractivity contribution is 0.0606. The highest BCUT2D eigenvalue weighted by atomic mass is 32.1. The highest BCUT2D eigenvalue weighted by Gasteiger charge is 2.48. The van der Waals surface area contributed by atoms with Crippen LogP contribution in [0.25, 0.3) is 48.4 Å². The van der Waals surface area contributed by atoms with Gasteiger partial charge >= 0.3 is 0 Å². The maximum atomic E-state index is 16.4. The van der Waals surface area contributed by atoms with Gasteiger partial charge in [-0.05, 0) is 109 Å². The molecule has 4 amide bonds. The zero-order chi connectivity index (χ0) is 77.6. The van der Waals surface area contributed by atoms with Crippen molar-refractivity contribution in [2.24, 2.45) is 11.8 Å². The summed E-state index contributed by atoms with van der Waals surface area (Å²) in [7, 11) is 0. The Kier molecular flexibility index (Phi) is 46.4. The van der Waals surface area contributed by atoms with E-state index >= 15 is 19.2 Å². The van der Waals surface area contributed by atoms with Crippen molar-refractivity contribution in [3.8, 4) is 39.0 Å². The summed E-state index contributed by atoms with van der Waals surface area (Å²) in [6.45, 7) is 14.6. The molecule has 0 saturated carbocycles. The standard InChI is InChI=1S/C98H154N2O4S6/c1-7-13-19-25-31-37-41-47-53-59-65-77(63-57-51-45-35-29-23-17-11-5)75-99-95(101)85-87(97(99)103)93(109-91(85)89-79(69-71-106-89)67-61-55-49-43-39-33-27-21-15-9-3)94-88-86(96(102)100(98(88)104)76-78(64-58-52-46-36-30-24-18-12-6)66-60-54-48-42-38-32-26-20-14-8-2)92(110-94)90-80(68-62-56-50-44-40-34-28-22-16-10-4)73-83(108-90)84-74-82-81(107-84)70-72-105-82/h69-74,77-78H,7-68,75-76H2,1-6H3. The summed E-state index contributed by atoms with van der Waals surface area (Å²) in [6.07, 6.45) is 76.9. The second-order valence-electron chi connectivity index (χ2n) is 34.0. The summed E-state index contributed by atoms with van der Waals surface area (Å²) in [4.78, 5) is 76.4. The van der Waals surface area contributed by atoms with Crippen LogP contribution in [0, 0.1) is 11.8 Å². The molecular formula is C98H154N2O4S6. The molecule has 6 aromatic heterocycles. The molecule has 2 aliphatic rings. The van der Waals surface area contributed by atoms with Gasteiger partial charge < -0.3 is 0 Å². The summed E-state index contributed by atoms with van der Waals surface area (Å²) in [5.41, 5.74) is 4.57. The van der Waals surface area contributed by atoms with Gasteiger partial charge in [-0.25, -0.2) is 0 Å². The lowest BCUT2D eigenvalue weighted by Crippen LogP contribution is -2.35. The van der Waals surface area contributed by atoms with E-state index < -0.39 is 0 Å². The Morgan fingerprint density at radius 3 is 0.855 bits per heavy atom. The van der Waals surface area contributed by atoms with Crippen LogP contribution in [0.15, 0.2) is 35.0 Å². The molecule has 8 heterocycles. The first kappa shape index (κ1) is 92.3. The molecule has 0 N–H and O–H groups in total. The number of hydrogen-bond acceptors (Lipinski definition) is 10. The number of rotatable bonds is 70. The summed E-state index contributed by atoms with van der Waals surface area (Å²) in [6, 6.07) is 9.34. The fourth-order valence-electron chi connectivity index (χ4n) is 17.7. The molecule has 2 atom stereocenters.